The van der Waals surface area contributed by atoms with Crippen LogP contribution in [0.4, 0.5) is 8.78 Å². The van der Waals surface area contributed by atoms with Gasteiger partial charge in [-0.05, 0) is 154 Å². The van der Waals surface area contributed by atoms with E-state index in [9.17, 15) is 42.3 Å². The van der Waals surface area contributed by atoms with Crippen molar-refractivity contribution in [2.24, 2.45) is 22.7 Å². The fraction of sp³-hybridized carbons (Fsp3) is 0.585. The quantitative estimate of drug-likeness (QED) is 0.0755. The first kappa shape index (κ1) is 65.6. The molecule has 5 aliphatic rings. The molecule has 5 atom stereocenters. The molecule has 2 aliphatic carbocycles. The van der Waals surface area contributed by atoms with E-state index in [0.717, 1.165) is 56.2 Å². The molecule has 20 heteroatoms. The summed E-state index contributed by atoms with van der Waals surface area (Å²) in [5, 5.41) is 21.2. The lowest BCUT2D eigenvalue weighted by Gasteiger charge is -2.47. The maximum absolute atomic E-state index is 13.8. The van der Waals surface area contributed by atoms with E-state index in [2.05, 4.69) is 41.2 Å². The highest BCUT2D eigenvalue weighted by molar-refractivity contribution is 5.97. The van der Waals surface area contributed by atoms with Gasteiger partial charge < -0.3 is 36.2 Å². The summed E-state index contributed by atoms with van der Waals surface area (Å²) in [5.74, 6) is -1.48. The van der Waals surface area contributed by atoms with E-state index in [4.69, 9.17) is 5.11 Å². The molecular formula is C65H88F2N10O8. The van der Waals surface area contributed by atoms with Crippen molar-refractivity contribution in [1.29, 1.82) is 0 Å². The van der Waals surface area contributed by atoms with E-state index in [1.54, 1.807) is 83.1 Å². The number of rotatable bonds is 15. The molecule has 85 heavy (non-hydrogen) atoms. The minimum absolute atomic E-state index is 0.0324. The monoisotopic (exact) mass is 1170 g/mol. The van der Waals surface area contributed by atoms with Gasteiger partial charge in [0, 0.05) is 80.9 Å². The summed E-state index contributed by atoms with van der Waals surface area (Å²) < 4.78 is 27.0. The molecule has 3 unspecified atom stereocenters. The van der Waals surface area contributed by atoms with Gasteiger partial charge in [-0.25, -0.2) is 23.5 Å². The number of likely N-dealkylation sites (tertiary alicyclic amines) is 2. The lowest BCUT2D eigenvalue weighted by molar-refractivity contribution is -0.144. The number of piperazine rings is 1. The Labute approximate surface area is 499 Å². The number of nitrogens with zero attached hydrogens (tertiary/aromatic N) is 6. The van der Waals surface area contributed by atoms with Crippen LogP contribution in [-0.4, -0.2) is 139 Å². The maximum Gasteiger partial charge on any atom is 0.356 e. The average Bonchev–Trinajstić information content (AvgIpc) is 3.67. The minimum atomic E-state index is -1.03. The molecule has 2 aromatic heterocycles. The summed E-state index contributed by atoms with van der Waals surface area (Å²) in [4.78, 5) is 110. The third-order valence-electron chi connectivity index (χ3n) is 18.6. The number of piperidine rings is 2. The second-order valence-corrected chi connectivity index (χ2v) is 24.4. The Morgan fingerprint density at radius 2 is 1.01 bits per heavy atom. The van der Waals surface area contributed by atoms with Gasteiger partial charge in [0.15, 0.2) is 5.69 Å². The molecule has 18 nitrogen and oxygen atoms in total. The molecule has 0 spiro atoms. The van der Waals surface area contributed by atoms with Gasteiger partial charge in [-0.15, -0.1) is 0 Å². The normalized spacial score (nSPS) is 21.3. The van der Waals surface area contributed by atoms with Crippen molar-refractivity contribution in [3.63, 3.8) is 0 Å². The molecule has 5 fully saturated rings. The van der Waals surface area contributed by atoms with Crippen molar-refractivity contribution in [2.75, 3.05) is 32.7 Å². The van der Waals surface area contributed by atoms with E-state index >= 15 is 0 Å². The second kappa shape index (κ2) is 29.9. The van der Waals surface area contributed by atoms with Crippen molar-refractivity contribution in [3.8, 4) is 0 Å². The first-order valence-corrected chi connectivity index (χ1v) is 30.5. The Morgan fingerprint density at radius 1 is 0.612 bits per heavy atom. The van der Waals surface area contributed by atoms with Gasteiger partial charge in [0.25, 0.3) is 5.91 Å². The summed E-state index contributed by atoms with van der Waals surface area (Å²) in [6.45, 7) is 16.9. The molecule has 3 aliphatic heterocycles. The molecule has 0 bridgehead atoms. The third-order valence-corrected chi connectivity index (χ3v) is 18.6. The Balaban J connectivity index is 0.000000206. The second-order valence-electron chi connectivity index (χ2n) is 24.4. The highest BCUT2D eigenvalue weighted by Gasteiger charge is 2.48. The summed E-state index contributed by atoms with van der Waals surface area (Å²) >= 11 is 0. The first-order chi connectivity index (χ1) is 40.5. The number of hydrogen-bond acceptors (Lipinski definition) is 13. The summed E-state index contributed by atoms with van der Waals surface area (Å²) in [6.07, 6.45) is 17.8. The van der Waals surface area contributed by atoms with Crippen LogP contribution in [0.15, 0.2) is 60.9 Å². The number of carbonyl (C=O) groups excluding carboxylic acids is 6. The van der Waals surface area contributed by atoms with Crippen LogP contribution in [0.3, 0.4) is 0 Å². The largest absolute Gasteiger partial charge is 0.476 e. The van der Waals surface area contributed by atoms with Crippen LogP contribution >= 0.6 is 0 Å². The van der Waals surface area contributed by atoms with E-state index in [1.165, 1.54) is 49.9 Å². The summed E-state index contributed by atoms with van der Waals surface area (Å²) in [7, 11) is 0. The van der Waals surface area contributed by atoms with Crippen LogP contribution in [-0.2, 0) is 36.8 Å². The predicted molar refractivity (Wildman–Crippen MR) is 318 cm³/mol. The molecule has 2 aromatic carbocycles. The number of benzene rings is 2. The van der Waals surface area contributed by atoms with Gasteiger partial charge in [-0.3, -0.25) is 38.7 Å². The number of Topliss-reactive ketones (excluding diaryl/α,β-unsaturated/α-hetero) is 2. The van der Waals surface area contributed by atoms with Gasteiger partial charge >= 0.3 is 5.97 Å². The van der Waals surface area contributed by atoms with Crippen LogP contribution in [0.1, 0.15) is 172 Å². The lowest BCUT2D eigenvalue weighted by atomic mass is 9.62. The highest BCUT2D eigenvalue weighted by Crippen LogP contribution is 2.48. The van der Waals surface area contributed by atoms with E-state index in [-0.39, 0.29) is 88.1 Å². The average molecular weight is 1180 g/mol. The lowest BCUT2D eigenvalue weighted by Crippen LogP contribution is -2.65. The number of ketones is 2. The molecule has 5 heterocycles. The van der Waals surface area contributed by atoms with Crippen molar-refractivity contribution < 1.29 is 47.4 Å². The van der Waals surface area contributed by atoms with Gasteiger partial charge in [0.1, 0.15) is 47.0 Å². The van der Waals surface area contributed by atoms with Crippen molar-refractivity contribution in [1.82, 2.24) is 51.0 Å². The first-order valence-electron chi connectivity index (χ1n) is 30.5. The molecule has 4 amide bonds. The number of halogens is 2. The Bertz CT molecular complexity index is 2970. The number of aryl methyl sites for hydroxylation is 4. The van der Waals surface area contributed by atoms with Crippen LogP contribution in [0.5, 0.6) is 0 Å². The van der Waals surface area contributed by atoms with Gasteiger partial charge in [-0.2, -0.15) is 0 Å². The molecule has 5 N–H and O–H groups in total. The van der Waals surface area contributed by atoms with Gasteiger partial charge in [-0.1, -0.05) is 62.8 Å². The molecular weight excluding hydrogens is 1090 g/mol. The predicted octanol–water partition coefficient (Wildman–Crippen LogP) is 8.11. The number of carboxylic acid groups (broad SMARTS) is 1. The Morgan fingerprint density at radius 3 is 1.41 bits per heavy atom. The van der Waals surface area contributed by atoms with E-state index in [1.807, 2.05) is 18.7 Å². The Kier molecular flexibility index (Phi) is 23.1. The molecule has 3 saturated heterocycles. The zero-order valence-electron chi connectivity index (χ0n) is 50.9. The molecule has 0 radical (unpaired) electrons. The van der Waals surface area contributed by atoms with Crippen molar-refractivity contribution in [3.05, 3.63) is 118 Å². The van der Waals surface area contributed by atoms with E-state index in [0.29, 0.717) is 86.5 Å². The zero-order chi connectivity index (χ0) is 61.6. The number of carbonyl (C=O) groups is 7. The van der Waals surface area contributed by atoms with Gasteiger partial charge in [0.05, 0.1) is 22.8 Å². The zero-order valence-corrected chi connectivity index (χ0v) is 50.9. The third kappa shape index (κ3) is 17.0. The number of nitrogens with one attached hydrogen (secondary N) is 4. The number of amides is 4. The standard InChI is InChI=1S/C29H43FN4O3.C29H37FN4O3.C7H8N2O2/c2*1-19-18-31-20(2)26(32-19)27(36)33-25(17-22-9-11-24(30)12-10-22)28(37)34-15-13-29(14-16-34,21(3)35)23-7-5-4-6-8-23;1-4-3-8-5(2)6(9-4)7(10)11/h9-12,19-20,23,25-26,31-32H,4-8,13-18H2,1-3H3,(H,33,36);9-12,18,23,25H,4-8,13-17H2,1-3H3,(H,33,36);3H,1-2H3,(H,10,11)/t19?,20?,25-,26?;25-;/m11./s1. The number of aromatic nitrogens is 4. The number of carboxylic acids is 1. The molecule has 4 aromatic rings. The maximum atomic E-state index is 13.8. The fourth-order valence-electron chi connectivity index (χ4n) is 13.5. The van der Waals surface area contributed by atoms with Crippen molar-refractivity contribution >= 4 is 41.2 Å². The molecule has 460 valence electrons. The molecule has 9 rings (SSSR count). The van der Waals surface area contributed by atoms with Crippen LogP contribution in [0, 0.1) is 62.0 Å². The van der Waals surface area contributed by atoms with Crippen LogP contribution in [0.25, 0.3) is 0 Å². The van der Waals surface area contributed by atoms with Crippen LogP contribution < -0.4 is 21.3 Å². The number of aromatic carboxylic acids is 1. The summed E-state index contributed by atoms with van der Waals surface area (Å²) in [6, 6.07) is 10.0. The van der Waals surface area contributed by atoms with E-state index < -0.39 is 30.0 Å². The van der Waals surface area contributed by atoms with Crippen LogP contribution in [0.2, 0.25) is 0 Å². The molecule has 2 saturated carbocycles. The SMILES string of the molecule is CC(=O)C1(C2CCCCC2)CCN(C(=O)[C@@H](Cc2ccc(F)cc2)NC(=O)C2NC(C)CNC2C)CC1.CC(=O)C1(C2CCCCC2)CCN(C(=O)[C@@H](Cc2ccc(F)cc2)NC(=O)c2nc(C)cnc2C)CC1.Cc1cnc(C)c(C(=O)O)n1. The van der Waals surface area contributed by atoms with Crippen molar-refractivity contribution in [2.45, 2.75) is 188 Å². The topological polar surface area (TPSA) is 246 Å². The highest BCUT2D eigenvalue weighted by atomic mass is 19.1. The number of hydrogen-bond donors (Lipinski definition) is 5. The minimum Gasteiger partial charge on any atom is -0.476 e. The Hall–Kier alpha value is -6.93. The summed E-state index contributed by atoms with van der Waals surface area (Å²) in [5.41, 5.74) is 3.20. The smallest absolute Gasteiger partial charge is 0.356 e. The fourth-order valence-corrected chi connectivity index (χ4v) is 13.5. The van der Waals surface area contributed by atoms with Gasteiger partial charge in [0.2, 0.25) is 17.7 Å².